The summed E-state index contributed by atoms with van der Waals surface area (Å²) in [6.45, 7) is 0. The van der Waals surface area contributed by atoms with Crippen LogP contribution in [0.4, 0.5) is 5.82 Å². The largest absolute Gasteiger partial charge is 0.464 e. The zero-order chi connectivity index (χ0) is 12.8. The molecule has 0 radical (unpaired) electrons. The standard InChI is InChI=1S/C13H19N3O2/c1-18-13(17)11-8-14-9-12(16-11)15-10-6-4-2-3-5-7-10/h8-10H,2-7H2,1H3,(H,15,16). The van der Waals surface area contributed by atoms with Gasteiger partial charge >= 0.3 is 5.97 Å². The molecule has 0 unspecified atom stereocenters. The van der Waals surface area contributed by atoms with Crippen LogP contribution in [-0.2, 0) is 4.74 Å². The predicted molar refractivity (Wildman–Crippen MR) is 68.5 cm³/mol. The highest BCUT2D eigenvalue weighted by Crippen LogP contribution is 2.20. The number of esters is 1. The summed E-state index contributed by atoms with van der Waals surface area (Å²) in [5.41, 5.74) is 0.246. The first-order chi connectivity index (χ1) is 8.79. The number of hydrogen-bond donors (Lipinski definition) is 1. The van der Waals surface area contributed by atoms with Crippen LogP contribution in [0.15, 0.2) is 12.4 Å². The molecule has 5 heteroatoms. The number of hydrogen-bond acceptors (Lipinski definition) is 5. The minimum absolute atomic E-state index is 0.246. The lowest BCUT2D eigenvalue weighted by molar-refractivity contribution is 0.0593. The highest BCUT2D eigenvalue weighted by molar-refractivity contribution is 5.87. The average Bonchev–Trinajstić information content (AvgIpc) is 2.67. The Kier molecular flexibility index (Phi) is 4.50. The fourth-order valence-corrected chi connectivity index (χ4v) is 2.27. The fraction of sp³-hybridized carbons (Fsp3) is 0.615. The van der Waals surface area contributed by atoms with Crippen molar-refractivity contribution in [3.8, 4) is 0 Å². The molecule has 1 fully saturated rings. The van der Waals surface area contributed by atoms with Crippen molar-refractivity contribution < 1.29 is 9.53 Å². The van der Waals surface area contributed by atoms with Gasteiger partial charge in [0.05, 0.1) is 19.5 Å². The van der Waals surface area contributed by atoms with Gasteiger partial charge < -0.3 is 10.1 Å². The first-order valence-electron chi connectivity index (χ1n) is 6.46. The van der Waals surface area contributed by atoms with Crippen LogP contribution >= 0.6 is 0 Å². The zero-order valence-corrected chi connectivity index (χ0v) is 10.7. The van der Waals surface area contributed by atoms with Crippen LogP contribution in [0.3, 0.4) is 0 Å². The molecule has 1 aromatic rings. The number of rotatable bonds is 3. The molecule has 0 atom stereocenters. The van der Waals surface area contributed by atoms with Gasteiger partial charge in [-0.25, -0.2) is 9.78 Å². The van der Waals surface area contributed by atoms with Crippen LogP contribution < -0.4 is 5.32 Å². The molecular formula is C13H19N3O2. The van der Waals surface area contributed by atoms with E-state index in [0.717, 1.165) is 12.8 Å². The van der Waals surface area contributed by atoms with E-state index in [9.17, 15) is 4.79 Å². The van der Waals surface area contributed by atoms with E-state index in [1.165, 1.54) is 39.0 Å². The maximum Gasteiger partial charge on any atom is 0.358 e. The number of ether oxygens (including phenoxy) is 1. The van der Waals surface area contributed by atoms with E-state index in [4.69, 9.17) is 0 Å². The average molecular weight is 249 g/mol. The summed E-state index contributed by atoms with van der Waals surface area (Å²) < 4.78 is 4.63. The number of nitrogens with zero attached hydrogens (tertiary/aromatic N) is 2. The molecule has 0 bridgehead atoms. The van der Waals surface area contributed by atoms with E-state index in [0.29, 0.717) is 11.9 Å². The second-order valence-electron chi connectivity index (χ2n) is 4.61. The number of methoxy groups -OCH3 is 1. The third-order valence-corrected chi connectivity index (χ3v) is 3.24. The molecule has 1 heterocycles. The van der Waals surface area contributed by atoms with E-state index in [1.807, 2.05) is 0 Å². The maximum absolute atomic E-state index is 11.4. The zero-order valence-electron chi connectivity index (χ0n) is 10.7. The summed E-state index contributed by atoms with van der Waals surface area (Å²) in [5.74, 6) is 0.205. The van der Waals surface area contributed by atoms with Gasteiger partial charge in [0.2, 0.25) is 0 Å². The third kappa shape index (κ3) is 3.42. The number of carbonyl (C=O) groups is 1. The Hall–Kier alpha value is -1.65. The Morgan fingerprint density at radius 2 is 2.00 bits per heavy atom. The number of carbonyl (C=O) groups excluding carboxylic acids is 1. The molecule has 1 aliphatic carbocycles. The minimum Gasteiger partial charge on any atom is -0.464 e. The summed E-state index contributed by atoms with van der Waals surface area (Å²) >= 11 is 0. The van der Waals surface area contributed by atoms with E-state index in [-0.39, 0.29) is 5.69 Å². The topological polar surface area (TPSA) is 64.1 Å². The molecule has 0 amide bonds. The number of aromatic nitrogens is 2. The molecule has 1 saturated carbocycles. The Balaban J connectivity index is 2.01. The van der Waals surface area contributed by atoms with Gasteiger partial charge in [0, 0.05) is 6.04 Å². The van der Waals surface area contributed by atoms with E-state index < -0.39 is 5.97 Å². The monoisotopic (exact) mass is 249 g/mol. The fourth-order valence-electron chi connectivity index (χ4n) is 2.27. The smallest absolute Gasteiger partial charge is 0.358 e. The summed E-state index contributed by atoms with van der Waals surface area (Å²) in [6.07, 6.45) is 10.5. The van der Waals surface area contributed by atoms with Crippen LogP contribution in [0, 0.1) is 0 Å². The maximum atomic E-state index is 11.4. The lowest BCUT2D eigenvalue weighted by Crippen LogP contribution is -2.20. The molecule has 0 aromatic carbocycles. The van der Waals surface area contributed by atoms with Crippen molar-refractivity contribution in [2.24, 2.45) is 0 Å². The molecule has 1 aromatic heterocycles. The first-order valence-corrected chi connectivity index (χ1v) is 6.46. The molecular weight excluding hydrogens is 230 g/mol. The van der Waals surface area contributed by atoms with Crippen LogP contribution in [0.2, 0.25) is 0 Å². The summed E-state index contributed by atoms with van der Waals surface area (Å²) in [5, 5.41) is 3.36. The second-order valence-corrected chi connectivity index (χ2v) is 4.61. The molecule has 1 aliphatic rings. The van der Waals surface area contributed by atoms with Crippen molar-refractivity contribution in [1.82, 2.24) is 9.97 Å². The summed E-state index contributed by atoms with van der Waals surface area (Å²) in [7, 11) is 1.34. The SMILES string of the molecule is COC(=O)c1cncc(NC2CCCCCC2)n1. The van der Waals surface area contributed by atoms with Gasteiger partial charge in [-0.1, -0.05) is 25.7 Å². The summed E-state index contributed by atoms with van der Waals surface area (Å²) in [4.78, 5) is 19.6. The Morgan fingerprint density at radius 1 is 1.28 bits per heavy atom. The molecule has 0 spiro atoms. The highest BCUT2D eigenvalue weighted by atomic mass is 16.5. The minimum atomic E-state index is -0.452. The molecule has 18 heavy (non-hydrogen) atoms. The van der Waals surface area contributed by atoms with Crippen molar-refractivity contribution in [3.63, 3.8) is 0 Å². The van der Waals surface area contributed by atoms with E-state index >= 15 is 0 Å². The molecule has 0 aliphatic heterocycles. The van der Waals surface area contributed by atoms with Gasteiger partial charge in [-0.05, 0) is 12.8 Å². The highest BCUT2D eigenvalue weighted by Gasteiger charge is 2.14. The van der Waals surface area contributed by atoms with E-state index in [2.05, 4.69) is 20.0 Å². The normalized spacial score (nSPS) is 16.9. The van der Waals surface area contributed by atoms with Gasteiger partial charge in [0.25, 0.3) is 0 Å². The Labute approximate surface area is 107 Å². The van der Waals surface area contributed by atoms with Gasteiger partial charge in [0.15, 0.2) is 5.69 Å². The van der Waals surface area contributed by atoms with Crippen LogP contribution in [-0.4, -0.2) is 29.1 Å². The van der Waals surface area contributed by atoms with Crippen LogP contribution in [0.25, 0.3) is 0 Å². The lowest BCUT2D eigenvalue weighted by Gasteiger charge is -2.16. The van der Waals surface area contributed by atoms with Crippen molar-refractivity contribution in [2.45, 2.75) is 44.6 Å². The second kappa shape index (κ2) is 6.33. The molecule has 5 nitrogen and oxygen atoms in total. The van der Waals surface area contributed by atoms with Gasteiger partial charge in [-0.2, -0.15) is 0 Å². The Bertz CT molecular complexity index is 401. The lowest BCUT2D eigenvalue weighted by atomic mass is 10.1. The van der Waals surface area contributed by atoms with Crippen molar-refractivity contribution in [3.05, 3.63) is 18.1 Å². The van der Waals surface area contributed by atoms with Crippen molar-refractivity contribution >= 4 is 11.8 Å². The third-order valence-electron chi connectivity index (χ3n) is 3.24. The molecule has 1 N–H and O–H groups in total. The first kappa shape index (κ1) is 12.8. The van der Waals surface area contributed by atoms with Crippen molar-refractivity contribution in [2.75, 3.05) is 12.4 Å². The molecule has 98 valence electrons. The number of nitrogens with one attached hydrogen (secondary N) is 1. The van der Waals surface area contributed by atoms with Gasteiger partial charge in [-0.3, -0.25) is 4.98 Å². The predicted octanol–water partition coefficient (Wildman–Crippen LogP) is 2.40. The van der Waals surface area contributed by atoms with Crippen LogP contribution in [0.1, 0.15) is 49.0 Å². The quantitative estimate of drug-likeness (QED) is 0.658. The van der Waals surface area contributed by atoms with Gasteiger partial charge in [-0.15, -0.1) is 0 Å². The molecule has 0 saturated heterocycles. The Morgan fingerprint density at radius 3 is 2.67 bits per heavy atom. The number of anilines is 1. The summed E-state index contributed by atoms with van der Waals surface area (Å²) in [6, 6.07) is 0.440. The van der Waals surface area contributed by atoms with Crippen molar-refractivity contribution in [1.29, 1.82) is 0 Å². The van der Waals surface area contributed by atoms with E-state index in [1.54, 1.807) is 6.20 Å². The van der Waals surface area contributed by atoms with Crippen LogP contribution in [0.5, 0.6) is 0 Å². The van der Waals surface area contributed by atoms with Gasteiger partial charge in [0.1, 0.15) is 5.82 Å². The molecule has 2 rings (SSSR count).